The van der Waals surface area contributed by atoms with Crippen LogP contribution in [-0.2, 0) is 4.79 Å². The Morgan fingerprint density at radius 2 is 2.10 bits per heavy atom. The van der Waals surface area contributed by atoms with Crippen molar-refractivity contribution in [2.24, 2.45) is 0 Å². The van der Waals surface area contributed by atoms with Gasteiger partial charge in [-0.2, -0.15) is 0 Å². The predicted octanol–water partition coefficient (Wildman–Crippen LogP) is 2.53. The van der Waals surface area contributed by atoms with E-state index < -0.39 is 0 Å². The molecule has 0 aromatic heterocycles. The molecule has 0 saturated heterocycles. The van der Waals surface area contributed by atoms with Gasteiger partial charge in [-0.25, -0.2) is 0 Å². The van der Waals surface area contributed by atoms with Gasteiger partial charge in [0.15, 0.2) is 18.1 Å². The summed E-state index contributed by atoms with van der Waals surface area (Å²) < 4.78 is 6.10. The SMILES string of the molecule is CCC(C)NC(=O)COc1c(N)cc(Br)cc1C(C)=O. The van der Waals surface area contributed by atoms with E-state index in [0.29, 0.717) is 15.7 Å². The zero-order valence-corrected chi connectivity index (χ0v) is 13.4. The van der Waals surface area contributed by atoms with Crippen LogP contribution in [0.15, 0.2) is 16.6 Å². The third kappa shape index (κ3) is 4.52. The summed E-state index contributed by atoms with van der Waals surface area (Å²) in [5, 5.41) is 2.78. The van der Waals surface area contributed by atoms with Gasteiger partial charge in [0, 0.05) is 10.5 Å². The van der Waals surface area contributed by atoms with E-state index in [2.05, 4.69) is 21.2 Å². The Kier molecular flexibility index (Phi) is 6.01. The lowest BCUT2D eigenvalue weighted by Gasteiger charge is -2.15. The largest absolute Gasteiger partial charge is 0.481 e. The summed E-state index contributed by atoms with van der Waals surface area (Å²) in [7, 11) is 0. The molecule has 0 fully saturated rings. The highest BCUT2D eigenvalue weighted by Gasteiger charge is 2.15. The van der Waals surface area contributed by atoms with Gasteiger partial charge in [0.05, 0.1) is 11.3 Å². The number of halogens is 1. The fourth-order valence-electron chi connectivity index (χ4n) is 1.59. The lowest BCUT2D eigenvalue weighted by atomic mass is 10.1. The number of rotatable bonds is 6. The second-order valence-electron chi connectivity index (χ2n) is 4.59. The third-order valence-electron chi connectivity index (χ3n) is 2.83. The summed E-state index contributed by atoms with van der Waals surface area (Å²) in [5.74, 6) is -0.161. The van der Waals surface area contributed by atoms with E-state index in [0.717, 1.165) is 6.42 Å². The number of Topliss-reactive ketones (excluding diaryl/α,β-unsaturated/α-hetero) is 1. The van der Waals surface area contributed by atoms with Crippen molar-refractivity contribution in [3.05, 3.63) is 22.2 Å². The molecular formula is C14H19BrN2O3. The van der Waals surface area contributed by atoms with Crippen LogP contribution in [0.1, 0.15) is 37.6 Å². The molecule has 5 nitrogen and oxygen atoms in total. The van der Waals surface area contributed by atoms with E-state index in [4.69, 9.17) is 10.5 Å². The number of amides is 1. The number of ketones is 1. The van der Waals surface area contributed by atoms with Gasteiger partial charge in [-0.15, -0.1) is 0 Å². The number of carbonyl (C=O) groups excluding carboxylic acids is 2. The molecule has 0 aliphatic heterocycles. The smallest absolute Gasteiger partial charge is 0.258 e. The van der Waals surface area contributed by atoms with Gasteiger partial charge in [0.1, 0.15) is 0 Å². The van der Waals surface area contributed by atoms with Gasteiger partial charge in [0.25, 0.3) is 5.91 Å². The van der Waals surface area contributed by atoms with Gasteiger partial charge in [-0.3, -0.25) is 9.59 Å². The highest BCUT2D eigenvalue weighted by Crippen LogP contribution is 2.31. The predicted molar refractivity (Wildman–Crippen MR) is 81.9 cm³/mol. The molecule has 6 heteroatoms. The average molecular weight is 343 g/mol. The zero-order valence-electron chi connectivity index (χ0n) is 11.8. The normalized spacial score (nSPS) is 11.8. The first kappa shape index (κ1) is 16.5. The first-order valence-corrected chi connectivity index (χ1v) is 7.16. The van der Waals surface area contributed by atoms with Crippen LogP contribution in [0.2, 0.25) is 0 Å². The fraction of sp³-hybridized carbons (Fsp3) is 0.429. The van der Waals surface area contributed by atoms with Gasteiger partial charge >= 0.3 is 0 Å². The summed E-state index contributed by atoms with van der Waals surface area (Å²) in [4.78, 5) is 23.3. The number of nitrogen functional groups attached to an aromatic ring is 1. The van der Waals surface area contributed by atoms with Crippen LogP contribution in [0.4, 0.5) is 5.69 Å². The van der Waals surface area contributed by atoms with Crippen molar-refractivity contribution in [1.82, 2.24) is 5.32 Å². The molecule has 0 aliphatic rings. The number of anilines is 1. The Morgan fingerprint density at radius 1 is 1.45 bits per heavy atom. The Hall–Kier alpha value is -1.56. The maximum absolute atomic E-state index is 11.7. The van der Waals surface area contributed by atoms with Crippen LogP contribution in [0.5, 0.6) is 5.75 Å². The number of hydrogen-bond acceptors (Lipinski definition) is 4. The second kappa shape index (κ2) is 7.28. The van der Waals surface area contributed by atoms with E-state index in [1.165, 1.54) is 6.92 Å². The summed E-state index contributed by atoms with van der Waals surface area (Å²) in [6.07, 6.45) is 0.838. The Bertz CT molecular complexity index is 517. The van der Waals surface area contributed by atoms with Crippen molar-refractivity contribution in [3.63, 3.8) is 0 Å². The van der Waals surface area contributed by atoms with Gasteiger partial charge in [-0.1, -0.05) is 22.9 Å². The molecule has 1 atom stereocenters. The van der Waals surface area contributed by atoms with Crippen molar-refractivity contribution in [3.8, 4) is 5.75 Å². The second-order valence-corrected chi connectivity index (χ2v) is 5.51. The molecule has 0 heterocycles. The summed E-state index contributed by atoms with van der Waals surface area (Å²) in [6.45, 7) is 5.14. The van der Waals surface area contributed by atoms with Crippen LogP contribution >= 0.6 is 15.9 Å². The molecule has 1 aromatic carbocycles. The van der Waals surface area contributed by atoms with Crippen molar-refractivity contribution in [2.75, 3.05) is 12.3 Å². The molecule has 1 amide bonds. The molecule has 1 unspecified atom stereocenters. The monoisotopic (exact) mass is 342 g/mol. The molecule has 1 aromatic rings. The van der Waals surface area contributed by atoms with E-state index in [1.54, 1.807) is 12.1 Å². The molecule has 1 rings (SSSR count). The summed E-state index contributed by atoms with van der Waals surface area (Å²) in [5.41, 5.74) is 6.51. The van der Waals surface area contributed by atoms with E-state index in [-0.39, 0.29) is 30.1 Å². The fourth-order valence-corrected chi connectivity index (χ4v) is 2.07. The number of nitrogens with two attached hydrogens (primary N) is 1. The number of ether oxygens (including phenoxy) is 1. The number of carbonyl (C=O) groups is 2. The maximum Gasteiger partial charge on any atom is 0.258 e. The molecule has 0 aliphatic carbocycles. The molecule has 3 N–H and O–H groups in total. The lowest BCUT2D eigenvalue weighted by molar-refractivity contribution is -0.123. The molecule has 0 radical (unpaired) electrons. The van der Waals surface area contributed by atoms with E-state index in [1.807, 2.05) is 13.8 Å². The van der Waals surface area contributed by atoms with Crippen molar-refractivity contribution in [2.45, 2.75) is 33.2 Å². The third-order valence-corrected chi connectivity index (χ3v) is 3.29. The Labute approximate surface area is 127 Å². The van der Waals surface area contributed by atoms with Gasteiger partial charge in [-0.05, 0) is 32.4 Å². The van der Waals surface area contributed by atoms with Crippen molar-refractivity contribution < 1.29 is 14.3 Å². The summed E-state index contributed by atoms with van der Waals surface area (Å²) >= 11 is 3.27. The molecule has 20 heavy (non-hydrogen) atoms. The van der Waals surface area contributed by atoms with Crippen LogP contribution in [-0.4, -0.2) is 24.3 Å². The van der Waals surface area contributed by atoms with Gasteiger partial charge < -0.3 is 15.8 Å². The minimum Gasteiger partial charge on any atom is -0.481 e. The standard InChI is InChI=1S/C14H19BrN2O3/c1-4-8(2)17-13(19)7-20-14-11(9(3)18)5-10(15)6-12(14)16/h5-6,8H,4,7,16H2,1-3H3,(H,17,19). The van der Waals surface area contributed by atoms with Gasteiger partial charge in [0.2, 0.25) is 0 Å². The number of hydrogen-bond donors (Lipinski definition) is 2. The van der Waals surface area contributed by atoms with E-state index in [9.17, 15) is 9.59 Å². The maximum atomic E-state index is 11.7. The van der Waals surface area contributed by atoms with Crippen LogP contribution in [0.25, 0.3) is 0 Å². The van der Waals surface area contributed by atoms with Crippen LogP contribution < -0.4 is 15.8 Å². The Morgan fingerprint density at radius 3 is 2.65 bits per heavy atom. The molecular weight excluding hydrogens is 324 g/mol. The summed E-state index contributed by atoms with van der Waals surface area (Å²) in [6, 6.07) is 3.34. The average Bonchev–Trinajstić information content (AvgIpc) is 2.36. The molecule has 0 spiro atoms. The highest BCUT2D eigenvalue weighted by molar-refractivity contribution is 9.10. The van der Waals surface area contributed by atoms with Crippen molar-refractivity contribution in [1.29, 1.82) is 0 Å². The van der Waals surface area contributed by atoms with Crippen LogP contribution in [0, 0.1) is 0 Å². The number of nitrogens with one attached hydrogen (secondary N) is 1. The van der Waals surface area contributed by atoms with E-state index >= 15 is 0 Å². The first-order valence-electron chi connectivity index (χ1n) is 6.37. The minimum absolute atomic E-state index is 0.0839. The lowest BCUT2D eigenvalue weighted by Crippen LogP contribution is -2.35. The highest BCUT2D eigenvalue weighted by atomic mass is 79.9. The quantitative estimate of drug-likeness (QED) is 0.614. The number of benzene rings is 1. The molecule has 0 saturated carbocycles. The molecule has 110 valence electrons. The molecule has 0 bridgehead atoms. The Balaban J connectivity index is 2.82. The topological polar surface area (TPSA) is 81.4 Å². The zero-order chi connectivity index (χ0) is 15.3. The minimum atomic E-state index is -0.240. The van der Waals surface area contributed by atoms with Crippen molar-refractivity contribution >= 4 is 33.3 Å². The van der Waals surface area contributed by atoms with Crippen LogP contribution in [0.3, 0.4) is 0 Å². The first-order chi connectivity index (χ1) is 9.35.